The van der Waals surface area contributed by atoms with E-state index in [2.05, 4.69) is 10.6 Å². The predicted octanol–water partition coefficient (Wildman–Crippen LogP) is 0.561. The summed E-state index contributed by atoms with van der Waals surface area (Å²) >= 11 is 0. The highest BCUT2D eigenvalue weighted by Crippen LogP contribution is 2.26. The van der Waals surface area contributed by atoms with Gasteiger partial charge in [0.15, 0.2) is 0 Å². The van der Waals surface area contributed by atoms with Crippen LogP contribution in [-0.4, -0.2) is 47.3 Å². The van der Waals surface area contributed by atoms with E-state index in [4.69, 9.17) is 0 Å². The molecule has 22 heavy (non-hydrogen) atoms. The molecular formula is C16H25N3O3. The van der Waals surface area contributed by atoms with Gasteiger partial charge in [-0.1, -0.05) is 19.3 Å². The molecule has 2 N–H and O–H groups in total. The highest BCUT2D eigenvalue weighted by atomic mass is 16.2. The highest BCUT2D eigenvalue weighted by Gasteiger charge is 2.42. The second-order valence-electron chi connectivity index (χ2n) is 6.84. The van der Waals surface area contributed by atoms with Crippen molar-refractivity contribution >= 4 is 17.7 Å². The first-order chi connectivity index (χ1) is 10.6. The van der Waals surface area contributed by atoms with Crippen molar-refractivity contribution < 1.29 is 14.4 Å². The summed E-state index contributed by atoms with van der Waals surface area (Å²) in [4.78, 5) is 38.2. The summed E-state index contributed by atoms with van der Waals surface area (Å²) in [6.07, 6.45) is 6.71. The largest absolute Gasteiger partial charge is 0.353 e. The Bertz CT molecular complexity index is 473. The Labute approximate surface area is 131 Å². The van der Waals surface area contributed by atoms with Crippen LogP contribution in [0.1, 0.15) is 51.9 Å². The number of nitrogens with one attached hydrogen (secondary N) is 2. The third-order valence-corrected chi connectivity index (χ3v) is 5.24. The molecule has 122 valence electrons. The Morgan fingerprint density at radius 3 is 2.64 bits per heavy atom. The summed E-state index contributed by atoms with van der Waals surface area (Å²) in [5.74, 6) is 0.160. The summed E-state index contributed by atoms with van der Waals surface area (Å²) < 4.78 is 0. The molecular weight excluding hydrogens is 282 g/mol. The minimum atomic E-state index is -0.433. The lowest BCUT2D eigenvalue weighted by Crippen LogP contribution is -2.66. The van der Waals surface area contributed by atoms with E-state index in [9.17, 15) is 14.4 Å². The molecule has 1 aliphatic carbocycles. The normalized spacial score (nSPS) is 33.1. The van der Waals surface area contributed by atoms with Crippen LogP contribution in [-0.2, 0) is 14.4 Å². The molecule has 0 spiro atoms. The number of piperidine rings is 1. The van der Waals surface area contributed by atoms with Crippen molar-refractivity contribution in [2.75, 3.05) is 6.54 Å². The molecule has 2 aliphatic heterocycles. The minimum Gasteiger partial charge on any atom is -0.353 e. The number of amides is 3. The molecule has 2 saturated heterocycles. The number of rotatable bonds is 2. The molecule has 0 aromatic carbocycles. The zero-order chi connectivity index (χ0) is 15.7. The molecule has 3 aliphatic rings. The van der Waals surface area contributed by atoms with E-state index in [1.165, 1.54) is 6.42 Å². The van der Waals surface area contributed by atoms with Crippen molar-refractivity contribution in [3.63, 3.8) is 0 Å². The summed E-state index contributed by atoms with van der Waals surface area (Å²) in [7, 11) is 0. The van der Waals surface area contributed by atoms with Gasteiger partial charge in [-0.05, 0) is 32.6 Å². The minimum absolute atomic E-state index is 0.00244. The maximum Gasteiger partial charge on any atom is 0.245 e. The summed E-state index contributed by atoms with van der Waals surface area (Å²) in [6.45, 7) is 2.27. The van der Waals surface area contributed by atoms with Gasteiger partial charge in [0.2, 0.25) is 17.7 Å². The molecule has 0 unspecified atom stereocenters. The van der Waals surface area contributed by atoms with Gasteiger partial charge in [-0.25, -0.2) is 0 Å². The smallest absolute Gasteiger partial charge is 0.245 e. The molecule has 3 atom stereocenters. The third kappa shape index (κ3) is 2.96. The van der Waals surface area contributed by atoms with Crippen LogP contribution in [0.4, 0.5) is 0 Å². The van der Waals surface area contributed by atoms with Crippen molar-refractivity contribution in [2.45, 2.75) is 70.0 Å². The van der Waals surface area contributed by atoms with Gasteiger partial charge in [0.25, 0.3) is 0 Å². The molecule has 6 nitrogen and oxygen atoms in total. The number of hydrogen-bond donors (Lipinski definition) is 2. The van der Waals surface area contributed by atoms with E-state index in [1.807, 2.05) is 0 Å². The van der Waals surface area contributed by atoms with Crippen LogP contribution in [0, 0.1) is 5.92 Å². The van der Waals surface area contributed by atoms with Crippen molar-refractivity contribution in [2.24, 2.45) is 5.92 Å². The Morgan fingerprint density at radius 1 is 1.18 bits per heavy atom. The lowest BCUT2D eigenvalue weighted by molar-refractivity contribution is -0.151. The van der Waals surface area contributed by atoms with Gasteiger partial charge in [0, 0.05) is 18.5 Å². The zero-order valence-corrected chi connectivity index (χ0v) is 13.1. The van der Waals surface area contributed by atoms with Crippen LogP contribution in [0.15, 0.2) is 0 Å². The Kier molecular flexibility index (Phi) is 4.36. The monoisotopic (exact) mass is 307 g/mol. The molecule has 2 heterocycles. The molecule has 3 rings (SSSR count). The first-order valence-corrected chi connectivity index (χ1v) is 8.47. The Balaban J connectivity index is 1.58. The van der Waals surface area contributed by atoms with Gasteiger partial charge in [0.1, 0.15) is 12.1 Å². The second kappa shape index (κ2) is 6.26. The van der Waals surface area contributed by atoms with E-state index in [-0.39, 0.29) is 29.7 Å². The lowest BCUT2D eigenvalue weighted by Gasteiger charge is -2.43. The van der Waals surface area contributed by atoms with Crippen LogP contribution in [0.25, 0.3) is 0 Å². The van der Waals surface area contributed by atoms with Crippen LogP contribution in [0.2, 0.25) is 0 Å². The topological polar surface area (TPSA) is 78.5 Å². The first kappa shape index (κ1) is 15.3. The van der Waals surface area contributed by atoms with E-state index in [0.717, 1.165) is 32.1 Å². The van der Waals surface area contributed by atoms with Crippen LogP contribution < -0.4 is 10.6 Å². The SMILES string of the molecule is C[C@H]1NC(=O)[C@@H]2C[C@@H](NC(=O)C3CCCCC3)CCN2C1=O. The third-order valence-electron chi connectivity index (χ3n) is 5.24. The molecule has 0 radical (unpaired) electrons. The lowest BCUT2D eigenvalue weighted by atomic mass is 9.87. The molecule has 3 fully saturated rings. The number of hydrogen-bond acceptors (Lipinski definition) is 3. The standard InChI is InChI=1S/C16H25N3O3/c1-10-16(22)19-8-7-12(9-13(19)15(21)17-10)18-14(20)11-5-3-2-4-6-11/h10-13H,2-9H2,1H3,(H,17,21)(H,18,20)/t10-,12+,13+/m1/s1. The fourth-order valence-electron chi connectivity index (χ4n) is 3.91. The van der Waals surface area contributed by atoms with Crippen molar-refractivity contribution in [3.8, 4) is 0 Å². The quantitative estimate of drug-likeness (QED) is 0.782. The van der Waals surface area contributed by atoms with Crippen LogP contribution >= 0.6 is 0 Å². The van der Waals surface area contributed by atoms with Crippen LogP contribution in [0.5, 0.6) is 0 Å². The fourth-order valence-corrected chi connectivity index (χ4v) is 3.91. The predicted molar refractivity (Wildman–Crippen MR) is 80.8 cm³/mol. The zero-order valence-electron chi connectivity index (χ0n) is 13.1. The number of piperazine rings is 1. The molecule has 0 aromatic rings. The van der Waals surface area contributed by atoms with Gasteiger partial charge in [0.05, 0.1) is 0 Å². The number of carbonyl (C=O) groups is 3. The number of fused-ring (bicyclic) bond motifs is 1. The maximum absolute atomic E-state index is 12.3. The Hall–Kier alpha value is -1.59. The molecule has 3 amide bonds. The number of nitrogens with zero attached hydrogens (tertiary/aromatic N) is 1. The van der Waals surface area contributed by atoms with E-state index in [1.54, 1.807) is 11.8 Å². The van der Waals surface area contributed by atoms with Crippen molar-refractivity contribution in [3.05, 3.63) is 0 Å². The average Bonchev–Trinajstić information content (AvgIpc) is 2.53. The van der Waals surface area contributed by atoms with E-state index in [0.29, 0.717) is 13.0 Å². The van der Waals surface area contributed by atoms with Crippen molar-refractivity contribution in [1.29, 1.82) is 0 Å². The summed E-state index contributed by atoms with van der Waals surface area (Å²) in [5, 5.41) is 5.83. The molecule has 0 aromatic heterocycles. The van der Waals surface area contributed by atoms with Gasteiger partial charge in [-0.2, -0.15) is 0 Å². The van der Waals surface area contributed by atoms with E-state index >= 15 is 0 Å². The molecule has 0 bridgehead atoms. The fraction of sp³-hybridized carbons (Fsp3) is 0.812. The van der Waals surface area contributed by atoms with Gasteiger partial charge in [-0.3, -0.25) is 14.4 Å². The average molecular weight is 307 g/mol. The summed E-state index contributed by atoms with van der Waals surface area (Å²) in [6, 6.07) is -0.853. The second-order valence-corrected chi connectivity index (χ2v) is 6.84. The van der Waals surface area contributed by atoms with Crippen LogP contribution in [0.3, 0.4) is 0 Å². The van der Waals surface area contributed by atoms with Gasteiger partial charge < -0.3 is 15.5 Å². The number of carbonyl (C=O) groups excluding carboxylic acids is 3. The first-order valence-electron chi connectivity index (χ1n) is 8.47. The molecule has 1 saturated carbocycles. The highest BCUT2D eigenvalue weighted by molar-refractivity contribution is 5.97. The van der Waals surface area contributed by atoms with Crippen molar-refractivity contribution in [1.82, 2.24) is 15.5 Å². The van der Waals surface area contributed by atoms with Gasteiger partial charge >= 0.3 is 0 Å². The van der Waals surface area contributed by atoms with E-state index < -0.39 is 12.1 Å². The Morgan fingerprint density at radius 2 is 1.91 bits per heavy atom. The summed E-state index contributed by atoms with van der Waals surface area (Å²) in [5.41, 5.74) is 0. The van der Waals surface area contributed by atoms with Gasteiger partial charge in [-0.15, -0.1) is 0 Å². The molecule has 6 heteroatoms. The maximum atomic E-state index is 12.3.